The fraction of sp³-hybridized carbons (Fsp3) is 0.105. The van der Waals surface area contributed by atoms with E-state index < -0.39 is 17.1 Å². The van der Waals surface area contributed by atoms with Crippen molar-refractivity contribution in [2.45, 2.75) is 0 Å². The molecule has 0 spiro atoms. The summed E-state index contributed by atoms with van der Waals surface area (Å²) in [4.78, 5) is 38.2. The summed E-state index contributed by atoms with van der Waals surface area (Å²) in [5, 5.41) is 2.66. The molecular formula is C19H14BrClN2O4S. The van der Waals surface area contributed by atoms with Crippen molar-refractivity contribution in [3.05, 3.63) is 62.4 Å². The van der Waals surface area contributed by atoms with E-state index in [0.29, 0.717) is 22.0 Å². The molecule has 1 aliphatic rings. The summed E-state index contributed by atoms with van der Waals surface area (Å²) in [5.41, 5.74) is 1.17. The van der Waals surface area contributed by atoms with Crippen molar-refractivity contribution in [2.24, 2.45) is 0 Å². The first-order valence-corrected chi connectivity index (χ1v) is 10.0. The van der Waals surface area contributed by atoms with Crippen LogP contribution in [0, 0.1) is 0 Å². The lowest BCUT2D eigenvalue weighted by Gasteiger charge is -2.12. The third-order valence-electron chi connectivity index (χ3n) is 3.78. The lowest BCUT2D eigenvalue weighted by atomic mass is 10.2. The molecule has 6 nitrogen and oxygen atoms in total. The highest BCUT2D eigenvalue weighted by atomic mass is 79.9. The number of nitrogens with zero attached hydrogens (tertiary/aromatic N) is 1. The Bertz CT molecular complexity index is 978. The van der Waals surface area contributed by atoms with Crippen LogP contribution in [0.25, 0.3) is 6.08 Å². The molecule has 0 aromatic heterocycles. The topological polar surface area (TPSA) is 75.7 Å². The number of hydrogen-bond donors (Lipinski definition) is 1. The summed E-state index contributed by atoms with van der Waals surface area (Å²) in [5.74, 6) is -0.440. The maximum Gasteiger partial charge on any atom is 0.294 e. The van der Waals surface area contributed by atoms with Gasteiger partial charge in [0.2, 0.25) is 5.91 Å². The molecule has 144 valence electrons. The SMILES string of the molecule is COc1ccc(Br)cc1/C=C1/SC(=O)N(CC(=O)Nc2ccc(Cl)cc2)C1=O. The number of carbonyl (C=O) groups excluding carboxylic acids is 3. The standard InChI is InChI=1S/C19H14BrClN2O4S/c1-27-15-7-2-12(20)8-11(15)9-16-18(25)23(19(26)28-16)10-17(24)22-14-5-3-13(21)4-6-14/h2-9H,10H2,1H3,(H,22,24)/b16-9+. The number of nitrogens with one attached hydrogen (secondary N) is 1. The largest absolute Gasteiger partial charge is 0.496 e. The number of rotatable bonds is 5. The fourth-order valence-electron chi connectivity index (χ4n) is 2.47. The zero-order valence-corrected chi connectivity index (χ0v) is 17.7. The lowest BCUT2D eigenvalue weighted by Crippen LogP contribution is -2.36. The van der Waals surface area contributed by atoms with E-state index in [0.717, 1.165) is 21.1 Å². The van der Waals surface area contributed by atoms with Crippen LogP contribution < -0.4 is 10.1 Å². The average molecular weight is 482 g/mol. The van der Waals surface area contributed by atoms with E-state index in [9.17, 15) is 14.4 Å². The maximum atomic E-state index is 12.6. The van der Waals surface area contributed by atoms with Gasteiger partial charge in [0.15, 0.2) is 0 Å². The first-order chi connectivity index (χ1) is 13.4. The van der Waals surface area contributed by atoms with Crippen molar-refractivity contribution in [1.82, 2.24) is 4.90 Å². The Kier molecular flexibility index (Phi) is 6.43. The van der Waals surface area contributed by atoms with Crippen molar-refractivity contribution in [1.29, 1.82) is 0 Å². The van der Waals surface area contributed by atoms with E-state index in [1.54, 1.807) is 42.5 Å². The van der Waals surface area contributed by atoms with E-state index >= 15 is 0 Å². The fourth-order valence-corrected chi connectivity index (χ4v) is 3.81. The van der Waals surface area contributed by atoms with E-state index in [4.69, 9.17) is 16.3 Å². The predicted octanol–water partition coefficient (Wildman–Crippen LogP) is 4.79. The van der Waals surface area contributed by atoms with Gasteiger partial charge >= 0.3 is 0 Å². The Morgan fingerprint density at radius 1 is 1.25 bits per heavy atom. The zero-order valence-electron chi connectivity index (χ0n) is 14.6. The van der Waals surface area contributed by atoms with Crippen LogP contribution >= 0.6 is 39.3 Å². The number of hydrogen-bond acceptors (Lipinski definition) is 5. The molecule has 1 fully saturated rings. The Morgan fingerprint density at radius 2 is 1.96 bits per heavy atom. The molecule has 1 saturated heterocycles. The molecule has 2 aromatic carbocycles. The van der Waals surface area contributed by atoms with Crippen LogP contribution in [0.3, 0.4) is 0 Å². The summed E-state index contributed by atoms with van der Waals surface area (Å²) in [6.45, 7) is -0.375. The van der Waals surface area contributed by atoms with Crippen LogP contribution in [0.2, 0.25) is 5.02 Å². The summed E-state index contributed by atoms with van der Waals surface area (Å²) in [7, 11) is 1.52. The second kappa shape index (κ2) is 8.81. The van der Waals surface area contributed by atoms with Gasteiger partial charge in [-0.15, -0.1) is 0 Å². The molecule has 0 atom stereocenters. The van der Waals surface area contributed by atoms with Crippen molar-refractivity contribution in [3.8, 4) is 5.75 Å². The van der Waals surface area contributed by atoms with Gasteiger partial charge < -0.3 is 10.1 Å². The van der Waals surface area contributed by atoms with Crippen LogP contribution in [-0.4, -0.2) is 35.6 Å². The molecule has 2 aromatic rings. The first kappa shape index (κ1) is 20.4. The highest BCUT2D eigenvalue weighted by molar-refractivity contribution is 9.10. The monoisotopic (exact) mass is 480 g/mol. The second-order valence-corrected chi connectivity index (χ2v) is 8.05. The molecule has 1 heterocycles. The van der Waals surface area contributed by atoms with Gasteiger partial charge in [0.1, 0.15) is 12.3 Å². The number of benzene rings is 2. The van der Waals surface area contributed by atoms with Crippen molar-refractivity contribution >= 4 is 68.1 Å². The third-order valence-corrected chi connectivity index (χ3v) is 5.43. The van der Waals surface area contributed by atoms with Crippen molar-refractivity contribution < 1.29 is 19.1 Å². The smallest absolute Gasteiger partial charge is 0.294 e. The second-order valence-electron chi connectivity index (χ2n) is 5.71. The van der Waals surface area contributed by atoms with Crippen molar-refractivity contribution in [3.63, 3.8) is 0 Å². The minimum Gasteiger partial charge on any atom is -0.496 e. The molecule has 0 unspecified atom stereocenters. The number of anilines is 1. The van der Waals surface area contributed by atoms with Gasteiger partial charge in [-0.2, -0.15) is 0 Å². The normalized spacial score (nSPS) is 15.2. The van der Waals surface area contributed by atoms with E-state index in [1.165, 1.54) is 7.11 Å². The van der Waals surface area contributed by atoms with Crippen LogP contribution in [0.1, 0.15) is 5.56 Å². The Balaban J connectivity index is 1.74. The molecular weight excluding hydrogens is 468 g/mol. The average Bonchev–Trinajstić information content (AvgIpc) is 2.91. The predicted molar refractivity (Wildman–Crippen MR) is 113 cm³/mol. The third kappa shape index (κ3) is 4.76. The first-order valence-electron chi connectivity index (χ1n) is 8.01. The van der Waals surface area contributed by atoms with Gasteiger partial charge in [-0.25, -0.2) is 0 Å². The number of ether oxygens (including phenoxy) is 1. The summed E-state index contributed by atoms with van der Waals surface area (Å²) < 4.78 is 6.09. The lowest BCUT2D eigenvalue weighted by molar-refractivity contribution is -0.127. The van der Waals surface area contributed by atoms with Gasteiger partial charge in [-0.3, -0.25) is 19.3 Å². The minimum absolute atomic E-state index is 0.223. The molecule has 3 amide bonds. The van der Waals surface area contributed by atoms with E-state index in [2.05, 4.69) is 21.2 Å². The van der Waals surface area contributed by atoms with Crippen molar-refractivity contribution in [2.75, 3.05) is 19.0 Å². The number of amides is 3. The van der Waals surface area contributed by atoms with Gasteiger partial charge in [0, 0.05) is 20.7 Å². The molecule has 28 heavy (non-hydrogen) atoms. The molecule has 0 bridgehead atoms. The van der Waals surface area contributed by atoms with Gasteiger partial charge in [-0.1, -0.05) is 27.5 Å². The Labute approximate surface area is 179 Å². The molecule has 0 radical (unpaired) electrons. The van der Waals surface area contributed by atoms with Crippen LogP contribution in [0.5, 0.6) is 5.75 Å². The minimum atomic E-state index is -0.525. The summed E-state index contributed by atoms with van der Waals surface area (Å²) in [6, 6.07) is 11.9. The Hall–Kier alpha value is -2.29. The van der Waals surface area contributed by atoms with Gasteiger partial charge in [0.25, 0.3) is 11.1 Å². The summed E-state index contributed by atoms with van der Waals surface area (Å²) in [6.07, 6.45) is 1.57. The molecule has 0 saturated carbocycles. The number of halogens is 2. The van der Waals surface area contributed by atoms with Gasteiger partial charge in [0.05, 0.1) is 12.0 Å². The maximum absolute atomic E-state index is 12.6. The highest BCUT2D eigenvalue weighted by Crippen LogP contribution is 2.34. The van der Waals surface area contributed by atoms with E-state index in [-0.39, 0.29) is 11.4 Å². The quantitative estimate of drug-likeness (QED) is 0.622. The van der Waals surface area contributed by atoms with Crippen LogP contribution in [0.15, 0.2) is 51.8 Å². The van der Waals surface area contributed by atoms with Crippen LogP contribution in [0.4, 0.5) is 10.5 Å². The molecule has 1 aliphatic heterocycles. The van der Waals surface area contributed by atoms with Gasteiger partial charge in [-0.05, 0) is 60.3 Å². The molecule has 0 aliphatic carbocycles. The number of methoxy groups -OCH3 is 1. The molecule has 9 heteroatoms. The highest BCUT2D eigenvalue weighted by Gasteiger charge is 2.36. The molecule has 1 N–H and O–H groups in total. The zero-order chi connectivity index (χ0) is 20.3. The number of carbonyl (C=O) groups is 3. The van der Waals surface area contributed by atoms with Crippen LogP contribution in [-0.2, 0) is 9.59 Å². The summed E-state index contributed by atoms with van der Waals surface area (Å²) >= 11 is 9.96. The molecule has 3 rings (SSSR count). The number of imide groups is 1. The van der Waals surface area contributed by atoms with E-state index in [1.807, 2.05) is 6.07 Å². The number of thioether (sulfide) groups is 1. The Morgan fingerprint density at radius 3 is 2.64 bits per heavy atom.